The molecule has 0 spiro atoms. The van der Waals surface area contributed by atoms with Gasteiger partial charge in [-0.3, -0.25) is 4.68 Å². The summed E-state index contributed by atoms with van der Waals surface area (Å²) in [5, 5.41) is 15.9. The number of nitrogens with zero attached hydrogens (tertiary/aromatic N) is 3. The van der Waals surface area contributed by atoms with E-state index in [1.54, 1.807) is 0 Å². The van der Waals surface area contributed by atoms with Crippen LogP contribution in [0.15, 0.2) is 12.4 Å². The molecule has 0 fully saturated rings. The monoisotopic (exact) mass is 192 g/mol. The van der Waals surface area contributed by atoms with E-state index >= 15 is 0 Å². The Balaban J connectivity index is 2.14. The average Bonchev–Trinajstić information content (AvgIpc) is 2.58. The van der Waals surface area contributed by atoms with Crippen LogP contribution in [0, 0.1) is 24.2 Å². The van der Waals surface area contributed by atoms with Crippen molar-refractivity contribution in [3.8, 4) is 6.07 Å². The zero-order chi connectivity index (χ0) is 10.4. The minimum absolute atomic E-state index is 0.0781. The molecule has 0 saturated carbocycles. The van der Waals surface area contributed by atoms with Crippen molar-refractivity contribution < 1.29 is 0 Å². The first kappa shape index (κ1) is 10.7. The highest BCUT2D eigenvalue weighted by molar-refractivity contribution is 4.99. The summed E-state index contributed by atoms with van der Waals surface area (Å²) >= 11 is 0. The van der Waals surface area contributed by atoms with Gasteiger partial charge < -0.3 is 5.32 Å². The van der Waals surface area contributed by atoms with Crippen LogP contribution >= 0.6 is 0 Å². The molecule has 0 aromatic carbocycles. The maximum Gasteiger partial charge on any atom is 0.0666 e. The summed E-state index contributed by atoms with van der Waals surface area (Å²) in [6.45, 7) is 6.38. The van der Waals surface area contributed by atoms with E-state index < -0.39 is 0 Å². The van der Waals surface area contributed by atoms with E-state index in [0.717, 1.165) is 19.6 Å². The molecule has 0 aliphatic rings. The van der Waals surface area contributed by atoms with Crippen LogP contribution in [0.4, 0.5) is 0 Å². The van der Waals surface area contributed by atoms with Gasteiger partial charge in [-0.2, -0.15) is 10.4 Å². The fraction of sp³-hybridized carbons (Fsp3) is 0.600. The van der Waals surface area contributed by atoms with E-state index in [9.17, 15) is 0 Å². The molecule has 1 aromatic rings. The van der Waals surface area contributed by atoms with E-state index in [-0.39, 0.29) is 5.92 Å². The molecule has 0 saturated heterocycles. The third-order valence-electron chi connectivity index (χ3n) is 1.95. The number of rotatable bonds is 5. The van der Waals surface area contributed by atoms with Crippen molar-refractivity contribution in [3.63, 3.8) is 0 Å². The molecule has 0 radical (unpaired) electrons. The van der Waals surface area contributed by atoms with Crippen LogP contribution in [0.3, 0.4) is 0 Å². The molecule has 1 heterocycles. The molecule has 14 heavy (non-hydrogen) atoms. The molecule has 1 atom stereocenters. The topological polar surface area (TPSA) is 53.6 Å². The van der Waals surface area contributed by atoms with E-state index in [1.165, 1.54) is 5.56 Å². The van der Waals surface area contributed by atoms with E-state index in [1.807, 2.05) is 30.9 Å². The summed E-state index contributed by atoms with van der Waals surface area (Å²) in [6.07, 6.45) is 3.85. The maximum atomic E-state index is 8.55. The van der Waals surface area contributed by atoms with Crippen LogP contribution in [0.5, 0.6) is 0 Å². The van der Waals surface area contributed by atoms with Crippen molar-refractivity contribution in [3.05, 3.63) is 18.0 Å². The molecule has 0 aliphatic carbocycles. The van der Waals surface area contributed by atoms with Gasteiger partial charge in [-0.25, -0.2) is 0 Å². The summed E-state index contributed by atoms with van der Waals surface area (Å²) in [4.78, 5) is 0. The zero-order valence-corrected chi connectivity index (χ0v) is 8.70. The molecule has 0 amide bonds. The van der Waals surface area contributed by atoms with Crippen LogP contribution in [-0.4, -0.2) is 22.9 Å². The molecule has 1 aromatic heterocycles. The van der Waals surface area contributed by atoms with Gasteiger partial charge >= 0.3 is 0 Å². The lowest BCUT2D eigenvalue weighted by Crippen LogP contribution is -2.24. The summed E-state index contributed by atoms with van der Waals surface area (Å²) in [5.41, 5.74) is 1.18. The van der Waals surface area contributed by atoms with Crippen LogP contribution < -0.4 is 5.32 Å². The first-order valence-corrected chi connectivity index (χ1v) is 4.81. The van der Waals surface area contributed by atoms with Crippen LogP contribution in [-0.2, 0) is 6.54 Å². The summed E-state index contributed by atoms with van der Waals surface area (Å²) in [6, 6.07) is 2.18. The van der Waals surface area contributed by atoms with Gasteiger partial charge in [0.15, 0.2) is 0 Å². The molecule has 4 heteroatoms. The normalized spacial score (nSPS) is 12.4. The number of hydrogen-bond acceptors (Lipinski definition) is 3. The Labute approximate surface area is 84.5 Å². The van der Waals surface area contributed by atoms with Crippen LogP contribution in [0.2, 0.25) is 0 Å². The van der Waals surface area contributed by atoms with Crippen LogP contribution in [0.25, 0.3) is 0 Å². The average molecular weight is 192 g/mol. The number of aromatic nitrogens is 2. The van der Waals surface area contributed by atoms with Crippen molar-refractivity contribution in [2.75, 3.05) is 13.1 Å². The predicted molar refractivity (Wildman–Crippen MR) is 54.6 cm³/mol. The van der Waals surface area contributed by atoms with Gasteiger partial charge in [-0.15, -0.1) is 0 Å². The van der Waals surface area contributed by atoms with E-state index in [2.05, 4.69) is 16.5 Å². The molecule has 0 aliphatic heterocycles. The second-order valence-electron chi connectivity index (χ2n) is 3.52. The van der Waals surface area contributed by atoms with Crippen LogP contribution in [0.1, 0.15) is 12.5 Å². The molecular weight excluding hydrogens is 176 g/mol. The fourth-order valence-corrected chi connectivity index (χ4v) is 1.15. The second-order valence-corrected chi connectivity index (χ2v) is 3.52. The van der Waals surface area contributed by atoms with Gasteiger partial charge in [-0.1, -0.05) is 0 Å². The highest BCUT2D eigenvalue weighted by atomic mass is 15.3. The summed E-state index contributed by atoms with van der Waals surface area (Å²) in [5.74, 6) is 0.0781. The van der Waals surface area contributed by atoms with Gasteiger partial charge in [0.25, 0.3) is 0 Å². The molecule has 1 unspecified atom stereocenters. The lowest BCUT2D eigenvalue weighted by molar-refractivity contribution is 0.529. The van der Waals surface area contributed by atoms with Crippen molar-refractivity contribution in [1.29, 1.82) is 5.26 Å². The van der Waals surface area contributed by atoms with Gasteiger partial charge in [0.05, 0.1) is 24.7 Å². The van der Waals surface area contributed by atoms with Gasteiger partial charge in [-0.05, 0) is 19.4 Å². The van der Waals surface area contributed by atoms with E-state index in [0.29, 0.717) is 0 Å². The quantitative estimate of drug-likeness (QED) is 0.706. The van der Waals surface area contributed by atoms with E-state index in [4.69, 9.17) is 5.26 Å². The van der Waals surface area contributed by atoms with Crippen molar-refractivity contribution in [2.24, 2.45) is 5.92 Å². The molecule has 1 rings (SSSR count). The van der Waals surface area contributed by atoms with Gasteiger partial charge in [0.1, 0.15) is 0 Å². The highest BCUT2D eigenvalue weighted by Gasteiger charge is 1.98. The third-order valence-corrected chi connectivity index (χ3v) is 1.95. The first-order valence-electron chi connectivity index (χ1n) is 4.81. The minimum atomic E-state index is 0.0781. The molecule has 1 N–H and O–H groups in total. The smallest absolute Gasteiger partial charge is 0.0666 e. The van der Waals surface area contributed by atoms with Gasteiger partial charge in [0.2, 0.25) is 0 Å². The molecular formula is C10H16N4. The lowest BCUT2D eigenvalue weighted by atomic mass is 10.2. The predicted octanol–water partition coefficient (Wildman–Crippen LogP) is 0.941. The Morgan fingerprint density at radius 1 is 1.71 bits per heavy atom. The Morgan fingerprint density at radius 2 is 2.50 bits per heavy atom. The standard InChI is InChI=1S/C10H16N4/c1-9(5-11)6-12-3-4-14-8-10(2)7-13-14/h7-9,12H,3-4,6H2,1-2H3. The van der Waals surface area contributed by atoms with Crippen molar-refractivity contribution >= 4 is 0 Å². The molecule has 0 bridgehead atoms. The largest absolute Gasteiger partial charge is 0.314 e. The Kier molecular flexibility index (Phi) is 4.14. The highest BCUT2D eigenvalue weighted by Crippen LogP contribution is 1.93. The third kappa shape index (κ3) is 3.58. The molecule has 76 valence electrons. The second kappa shape index (κ2) is 5.40. The molecule has 4 nitrogen and oxygen atoms in total. The summed E-state index contributed by atoms with van der Waals surface area (Å²) < 4.78 is 1.90. The number of hydrogen-bond donors (Lipinski definition) is 1. The number of aryl methyl sites for hydroxylation is 1. The first-order chi connectivity index (χ1) is 6.72. The maximum absolute atomic E-state index is 8.55. The Bertz CT molecular complexity index is 310. The lowest BCUT2D eigenvalue weighted by Gasteiger charge is -2.05. The summed E-state index contributed by atoms with van der Waals surface area (Å²) in [7, 11) is 0. The van der Waals surface area contributed by atoms with Crippen molar-refractivity contribution in [1.82, 2.24) is 15.1 Å². The van der Waals surface area contributed by atoms with Gasteiger partial charge in [0, 0.05) is 19.3 Å². The SMILES string of the molecule is Cc1cnn(CCNCC(C)C#N)c1. The van der Waals surface area contributed by atoms with Crippen molar-refractivity contribution in [2.45, 2.75) is 20.4 Å². The minimum Gasteiger partial charge on any atom is -0.314 e. The number of nitriles is 1. The Hall–Kier alpha value is -1.34. The number of nitrogens with one attached hydrogen (secondary N) is 1. The Morgan fingerprint density at radius 3 is 3.07 bits per heavy atom. The zero-order valence-electron chi connectivity index (χ0n) is 8.70. The fourth-order valence-electron chi connectivity index (χ4n) is 1.15.